The molecule has 0 fully saturated rings. The van der Waals surface area contributed by atoms with Crippen molar-refractivity contribution >= 4 is 0 Å². The van der Waals surface area contributed by atoms with Crippen molar-refractivity contribution in [1.29, 1.82) is 0 Å². The van der Waals surface area contributed by atoms with Gasteiger partial charge in [0.05, 0.1) is 0 Å². The molecule has 0 radical (unpaired) electrons. The van der Waals surface area contributed by atoms with Crippen molar-refractivity contribution in [3.05, 3.63) is 12.2 Å². The van der Waals surface area contributed by atoms with Crippen LogP contribution in [-0.4, -0.2) is 12.1 Å². The van der Waals surface area contributed by atoms with Gasteiger partial charge in [-0.2, -0.15) is 22.0 Å². The lowest BCUT2D eigenvalue weighted by molar-refractivity contribution is -0.265. The number of rotatable bonds is 5. The van der Waals surface area contributed by atoms with Gasteiger partial charge >= 0.3 is 12.1 Å². The van der Waals surface area contributed by atoms with Gasteiger partial charge in [0.2, 0.25) is 0 Å². The van der Waals surface area contributed by atoms with Crippen molar-refractivity contribution < 1.29 is 22.0 Å². The van der Waals surface area contributed by atoms with Gasteiger partial charge in [-0.25, -0.2) is 0 Å². The Morgan fingerprint density at radius 2 is 1.57 bits per heavy atom. The van der Waals surface area contributed by atoms with E-state index in [0.717, 1.165) is 6.42 Å². The van der Waals surface area contributed by atoms with Crippen LogP contribution in [0, 0.1) is 0 Å². The molecule has 0 aromatic rings. The highest BCUT2D eigenvalue weighted by Crippen LogP contribution is 2.41. The predicted octanol–water partition coefficient (Wildman–Crippen LogP) is 4.32. The van der Waals surface area contributed by atoms with Crippen LogP contribution in [0.15, 0.2) is 12.2 Å². The summed E-state index contributed by atoms with van der Waals surface area (Å²) in [5, 5.41) is 0. The molecule has 0 N–H and O–H groups in total. The molecule has 0 aliphatic heterocycles. The van der Waals surface area contributed by atoms with Crippen LogP contribution in [0.3, 0.4) is 0 Å². The summed E-state index contributed by atoms with van der Waals surface area (Å²) in [7, 11) is 0. The Morgan fingerprint density at radius 1 is 1.07 bits per heavy atom. The number of alkyl halides is 5. The van der Waals surface area contributed by atoms with Gasteiger partial charge in [-0.1, -0.05) is 26.3 Å². The van der Waals surface area contributed by atoms with E-state index in [9.17, 15) is 22.0 Å². The van der Waals surface area contributed by atoms with Crippen molar-refractivity contribution in [2.45, 2.75) is 44.7 Å². The van der Waals surface area contributed by atoms with Crippen LogP contribution < -0.4 is 0 Å². The second-order valence-corrected chi connectivity index (χ2v) is 3.13. The Kier molecular flexibility index (Phi) is 4.55. The fourth-order valence-electron chi connectivity index (χ4n) is 0.946. The van der Waals surface area contributed by atoms with Gasteiger partial charge in [-0.05, 0) is 12.8 Å². The number of halogens is 5. The average molecular weight is 216 g/mol. The summed E-state index contributed by atoms with van der Waals surface area (Å²) in [4.78, 5) is 0. The van der Waals surface area contributed by atoms with Crippen molar-refractivity contribution in [3.63, 3.8) is 0 Å². The lowest BCUT2D eigenvalue weighted by Gasteiger charge is -2.21. The maximum Gasteiger partial charge on any atom is 0.457 e. The van der Waals surface area contributed by atoms with Gasteiger partial charge in [-0.3, -0.25) is 0 Å². The van der Waals surface area contributed by atoms with E-state index in [1.54, 1.807) is 0 Å². The van der Waals surface area contributed by atoms with Crippen molar-refractivity contribution in [2.75, 3.05) is 0 Å². The molecule has 0 bridgehead atoms. The van der Waals surface area contributed by atoms with E-state index in [0.29, 0.717) is 12.8 Å². The Hall–Kier alpha value is -0.610. The van der Waals surface area contributed by atoms with Gasteiger partial charge in [0.15, 0.2) is 0 Å². The molecule has 0 aromatic heterocycles. The topological polar surface area (TPSA) is 0 Å². The molecule has 0 aromatic carbocycles. The van der Waals surface area contributed by atoms with Gasteiger partial charge in [0, 0.05) is 5.57 Å². The smallest absolute Gasteiger partial charge is 0.191 e. The number of hydrogen-bond acceptors (Lipinski definition) is 0. The van der Waals surface area contributed by atoms with Crippen LogP contribution >= 0.6 is 0 Å². The second-order valence-electron chi connectivity index (χ2n) is 3.13. The van der Waals surface area contributed by atoms with Gasteiger partial charge in [0.25, 0.3) is 0 Å². The molecule has 0 saturated carbocycles. The number of hydrogen-bond donors (Lipinski definition) is 0. The summed E-state index contributed by atoms with van der Waals surface area (Å²) in [5.74, 6) is -4.75. The molecule has 0 aliphatic rings. The molecular formula is C9H13F5. The molecule has 0 saturated heterocycles. The first-order valence-electron chi connectivity index (χ1n) is 4.36. The Bertz CT molecular complexity index is 192. The third kappa shape index (κ3) is 3.27. The predicted molar refractivity (Wildman–Crippen MR) is 44.3 cm³/mol. The standard InChI is InChI=1S/C9H13F5/c1-3-4-5-6-7(2)8(10,11)9(12,13)14/h2-6H2,1H3. The third-order valence-corrected chi connectivity index (χ3v) is 1.88. The minimum atomic E-state index is -5.52. The summed E-state index contributed by atoms with van der Waals surface area (Å²) < 4.78 is 60.4. The number of unbranched alkanes of at least 4 members (excludes halogenated alkanes) is 2. The minimum Gasteiger partial charge on any atom is -0.191 e. The van der Waals surface area contributed by atoms with Crippen LogP contribution in [0.4, 0.5) is 22.0 Å². The molecule has 0 spiro atoms. The van der Waals surface area contributed by atoms with E-state index >= 15 is 0 Å². The fraction of sp³-hybridized carbons (Fsp3) is 0.778. The minimum absolute atomic E-state index is 0.277. The molecule has 0 unspecified atom stereocenters. The molecular weight excluding hydrogens is 203 g/mol. The van der Waals surface area contributed by atoms with Crippen molar-refractivity contribution in [2.24, 2.45) is 0 Å². The molecule has 5 heteroatoms. The molecule has 0 aliphatic carbocycles. The first kappa shape index (κ1) is 13.4. The van der Waals surface area contributed by atoms with Crippen LogP contribution in [0.1, 0.15) is 32.6 Å². The van der Waals surface area contributed by atoms with Crippen LogP contribution in [0.5, 0.6) is 0 Å². The van der Waals surface area contributed by atoms with E-state index in [2.05, 4.69) is 6.58 Å². The molecule has 84 valence electrons. The van der Waals surface area contributed by atoms with Crippen LogP contribution in [0.25, 0.3) is 0 Å². The average Bonchev–Trinajstić information content (AvgIpc) is 2.02. The van der Waals surface area contributed by atoms with E-state index < -0.39 is 17.7 Å². The molecule has 14 heavy (non-hydrogen) atoms. The summed E-state index contributed by atoms with van der Waals surface area (Å²) >= 11 is 0. The maximum atomic E-state index is 12.5. The second kappa shape index (κ2) is 4.75. The maximum absolute atomic E-state index is 12.5. The summed E-state index contributed by atoms with van der Waals surface area (Å²) in [6, 6.07) is 0. The molecule has 0 rings (SSSR count). The lowest BCUT2D eigenvalue weighted by atomic mass is 10.0. The normalized spacial score (nSPS) is 13.0. The van der Waals surface area contributed by atoms with E-state index in [4.69, 9.17) is 0 Å². The zero-order valence-corrected chi connectivity index (χ0v) is 7.93. The molecule has 0 heterocycles. The number of allylic oxidation sites excluding steroid dienone is 1. The fourth-order valence-corrected chi connectivity index (χ4v) is 0.946. The zero-order chi connectivity index (χ0) is 11.4. The highest BCUT2D eigenvalue weighted by atomic mass is 19.4. The Balaban J connectivity index is 4.23. The van der Waals surface area contributed by atoms with Gasteiger partial charge in [-0.15, -0.1) is 0 Å². The van der Waals surface area contributed by atoms with E-state index in [1.165, 1.54) is 0 Å². The SMILES string of the molecule is C=C(CCCCC)C(F)(F)C(F)(F)F. The summed E-state index contributed by atoms with van der Waals surface area (Å²) in [6.45, 7) is 4.63. The van der Waals surface area contributed by atoms with E-state index in [1.807, 2.05) is 6.92 Å². The first-order valence-corrected chi connectivity index (χ1v) is 4.36. The Labute approximate surface area is 79.8 Å². The molecule has 0 amide bonds. The Morgan fingerprint density at radius 3 is 1.93 bits per heavy atom. The zero-order valence-electron chi connectivity index (χ0n) is 7.93. The van der Waals surface area contributed by atoms with E-state index in [-0.39, 0.29) is 6.42 Å². The van der Waals surface area contributed by atoms with Gasteiger partial charge < -0.3 is 0 Å². The summed E-state index contributed by atoms with van der Waals surface area (Å²) in [5.41, 5.74) is -1.04. The lowest BCUT2D eigenvalue weighted by Crippen LogP contribution is -2.37. The highest BCUT2D eigenvalue weighted by Gasteiger charge is 2.58. The highest BCUT2D eigenvalue weighted by molar-refractivity contribution is 5.10. The van der Waals surface area contributed by atoms with Crippen molar-refractivity contribution in [3.8, 4) is 0 Å². The van der Waals surface area contributed by atoms with Crippen molar-refractivity contribution in [1.82, 2.24) is 0 Å². The third-order valence-electron chi connectivity index (χ3n) is 1.88. The molecule has 0 atom stereocenters. The van der Waals surface area contributed by atoms with Crippen LogP contribution in [0.2, 0.25) is 0 Å². The quantitative estimate of drug-likeness (QED) is 0.364. The largest absolute Gasteiger partial charge is 0.457 e. The molecule has 0 nitrogen and oxygen atoms in total. The summed E-state index contributed by atoms with van der Waals surface area (Å²) in [6.07, 6.45) is -4.07. The van der Waals surface area contributed by atoms with Crippen LogP contribution in [-0.2, 0) is 0 Å². The van der Waals surface area contributed by atoms with Gasteiger partial charge in [0.1, 0.15) is 0 Å². The monoisotopic (exact) mass is 216 g/mol. The first-order chi connectivity index (χ1) is 6.23.